The summed E-state index contributed by atoms with van der Waals surface area (Å²) < 4.78 is 0. The average Bonchev–Trinajstić information content (AvgIpc) is 3.19. The van der Waals surface area contributed by atoms with Crippen molar-refractivity contribution in [1.29, 1.82) is 0 Å². The summed E-state index contributed by atoms with van der Waals surface area (Å²) in [4.78, 5) is 30.9. The van der Waals surface area contributed by atoms with Gasteiger partial charge < -0.3 is 10.2 Å². The largest absolute Gasteiger partial charge is 0.339 e. The van der Waals surface area contributed by atoms with Crippen molar-refractivity contribution in [2.45, 2.75) is 32.2 Å². The van der Waals surface area contributed by atoms with Gasteiger partial charge in [-0.15, -0.1) is 11.3 Å². The highest BCUT2D eigenvalue weighted by molar-refractivity contribution is 7.13. The molecule has 5 nitrogen and oxygen atoms in total. The van der Waals surface area contributed by atoms with Gasteiger partial charge in [-0.1, -0.05) is 12.1 Å². The van der Waals surface area contributed by atoms with Gasteiger partial charge in [0.25, 0.3) is 0 Å². The molecule has 0 unspecified atom stereocenters. The molecule has 2 heterocycles. The highest BCUT2D eigenvalue weighted by Gasteiger charge is 2.41. The molecule has 4 rings (SSSR count). The van der Waals surface area contributed by atoms with Gasteiger partial charge in [-0.05, 0) is 31.9 Å². The van der Waals surface area contributed by atoms with E-state index >= 15 is 0 Å². The van der Waals surface area contributed by atoms with Crippen molar-refractivity contribution in [2.75, 3.05) is 11.9 Å². The van der Waals surface area contributed by atoms with Gasteiger partial charge in [-0.2, -0.15) is 0 Å². The molecule has 6 heteroatoms. The van der Waals surface area contributed by atoms with E-state index in [0.717, 1.165) is 34.8 Å². The van der Waals surface area contributed by atoms with Crippen LogP contribution in [0.15, 0.2) is 29.6 Å². The van der Waals surface area contributed by atoms with E-state index in [2.05, 4.69) is 10.3 Å². The maximum Gasteiger partial charge on any atom is 0.229 e. The van der Waals surface area contributed by atoms with Gasteiger partial charge in [0.2, 0.25) is 11.8 Å². The molecule has 0 spiro atoms. The Morgan fingerprint density at radius 3 is 2.92 bits per heavy atom. The summed E-state index contributed by atoms with van der Waals surface area (Å²) in [5.41, 5.74) is 2.74. The molecule has 2 aromatic rings. The molecule has 2 fully saturated rings. The molecule has 1 atom stereocenters. The number of carbonyl (C=O) groups excluding carboxylic acids is 2. The summed E-state index contributed by atoms with van der Waals surface area (Å²) in [7, 11) is 0. The Morgan fingerprint density at radius 2 is 2.21 bits per heavy atom. The highest BCUT2D eigenvalue weighted by Crippen LogP contribution is 2.33. The molecule has 1 aliphatic heterocycles. The van der Waals surface area contributed by atoms with E-state index in [1.807, 2.05) is 41.5 Å². The Morgan fingerprint density at radius 1 is 1.38 bits per heavy atom. The number of nitrogens with one attached hydrogen (secondary N) is 1. The summed E-state index contributed by atoms with van der Waals surface area (Å²) >= 11 is 1.59. The molecule has 2 amide bonds. The molecule has 1 aromatic carbocycles. The van der Waals surface area contributed by atoms with Crippen LogP contribution in [-0.2, 0) is 9.59 Å². The number of rotatable bonds is 4. The van der Waals surface area contributed by atoms with Crippen LogP contribution >= 0.6 is 11.3 Å². The smallest absolute Gasteiger partial charge is 0.229 e. The number of anilines is 1. The quantitative estimate of drug-likeness (QED) is 0.930. The van der Waals surface area contributed by atoms with Crippen molar-refractivity contribution in [2.24, 2.45) is 5.92 Å². The third-order valence-corrected chi connectivity index (χ3v) is 5.52. The first-order valence-corrected chi connectivity index (χ1v) is 9.11. The fraction of sp³-hybridized carbons (Fsp3) is 0.389. The Bertz CT molecular complexity index is 797. The first kappa shape index (κ1) is 15.3. The van der Waals surface area contributed by atoms with Gasteiger partial charge in [-0.25, -0.2) is 4.98 Å². The molecule has 0 bridgehead atoms. The third kappa shape index (κ3) is 3.06. The van der Waals surface area contributed by atoms with Crippen LogP contribution in [0.1, 0.15) is 25.0 Å². The van der Waals surface area contributed by atoms with E-state index in [-0.39, 0.29) is 17.7 Å². The molecule has 2 aliphatic rings. The molecule has 1 saturated heterocycles. The van der Waals surface area contributed by atoms with Crippen molar-refractivity contribution in [3.63, 3.8) is 0 Å². The average molecular weight is 341 g/mol. The lowest BCUT2D eigenvalue weighted by molar-refractivity contribution is -0.128. The van der Waals surface area contributed by atoms with Crippen molar-refractivity contribution in [1.82, 2.24) is 9.88 Å². The van der Waals surface area contributed by atoms with Crippen LogP contribution in [0, 0.1) is 12.8 Å². The first-order chi connectivity index (χ1) is 11.6. The number of likely N-dealkylation sites (tertiary alicyclic amines) is 1. The molecular formula is C18H19N3O2S. The lowest BCUT2D eigenvalue weighted by Crippen LogP contribution is -2.29. The highest BCUT2D eigenvalue weighted by atomic mass is 32.1. The van der Waals surface area contributed by atoms with Gasteiger partial charge in [0.05, 0.1) is 5.92 Å². The fourth-order valence-corrected chi connectivity index (χ4v) is 3.90. The Balaban J connectivity index is 1.45. The second kappa shape index (κ2) is 6.02. The standard InChI is InChI=1S/C18H19N3O2S/c1-11-10-24-18(19-11)12-3-2-4-14(7-12)20-17(23)13-8-16(22)21(9-13)15-5-6-15/h2-4,7,10,13,15H,5-6,8-9H2,1H3,(H,20,23)/t13-/m1/s1. The van der Waals surface area contributed by atoms with E-state index in [0.29, 0.717) is 19.0 Å². The van der Waals surface area contributed by atoms with Gasteiger partial charge >= 0.3 is 0 Å². The number of hydrogen-bond donors (Lipinski definition) is 1. The summed E-state index contributed by atoms with van der Waals surface area (Å²) in [5, 5.41) is 5.92. The number of benzene rings is 1. The number of carbonyl (C=O) groups is 2. The zero-order valence-electron chi connectivity index (χ0n) is 13.5. The predicted octanol–water partition coefficient (Wildman–Crippen LogP) is 3.07. The van der Waals surface area contributed by atoms with Gasteiger partial charge in [0.15, 0.2) is 0 Å². The minimum absolute atomic E-state index is 0.0704. The number of hydrogen-bond acceptors (Lipinski definition) is 4. The SMILES string of the molecule is Cc1csc(-c2cccc(NC(=O)[C@@H]3CC(=O)N(C4CC4)C3)c2)n1. The first-order valence-electron chi connectivity index (χ1n) is 8.23. The topological polar surface area (TPSA) is 62.3 Å². The third-order valence-electron chi connectivity index (χ3n) is 4.51. The fourth-order valence-electron chi connectivity index (χ4n) is 3.11. The molecule has 0 radical (unpaired) electrons. The predicted molar refractivity (Wildman–Crippen MR) is 93.8 cm³/mol. The van der Waals surface area contributed by atoms with Crippen LogP contribution in [-0.4, -0.2) is 34.3 Å². The van der Waals surface area contributed by atoms with Gasteiger partial charge in [-0.3, -0.25) is 9.59 Å². The minimum Gasteiger partial charge on any atom is -0.339 e. The number of aromatic nitrogens is 1. The van der Waals surface area contributed by atoms with Crippen LogP contribution in [0.25, 0.3) is 10.6 Å². The normalized spacial score (nSPS) is 20.5. The second-order valence-corrected chi connectivity index (χ2v) is 7.40. The molecule has 1 N–H and O–H groups in total. The molecule has 124 valence electrons. The number of aryl methyl sites for hydroxylation is 1. The maximum absolute atomic E-state index is 12.5. The number of thiazole rings is 1. The van der Waals surface area contributed by atoms with Gasteiger partial charge in [0.1, 0.15) is 5.01 Å². The van der Waals surface area contributed by atoms with Crippen LogP contribution in [0.3, 0.4) is 0 Å². The van der Waals surface area contributed by atoms with E-state index < -0.39 is 0 Å². The maximum atomic E-state index is 12.5. The Labute approximate surface area is 144 Å². The number of nitrogens with zero attached hydrogens (tertiary/aromatic N) is 2. The van der Waals surface area contributed by atoms with Crippen LogP contribution in [0.2, 0.25) is 0 Å². The Kier molecular flexibility index (Phi) is 3.84. The van der Waals surface area contributed by atoms with E-state index in [4.69, 9.17) is 0 Å². The zero-order valence-corrected chi connectivity index (χ0v) is 14.3. The monoisotopic (exact) mass is 341 g/mol. The van der Waals surface area contributed by atoms with Crippen LogP contribution in [0.4, 0.5) is 5.69 Å². The molecule has 1 saturated carbocycles. The number of amides is 2. The lowest BCUT2D eigenvalue weighted by Gasteiger charge is -2.15. The summed E-state index contributed by atoms with van der Waals surface area (Å²) in [6.45, 7) is 2.52. The van der Waals surface area contributed by atoms with Crippen molar-refractivity contribution >= 4 is 28.8 Å². The minimum atomic E-state index is -0.246. The molecular weight excluding hydrogens is 322 g/mol. The Hall–Kier alpha value is -2.21. The zero-order chi connectivity index (χ0) is 16.7. The lowest BCUT2D eigenvalue weighted by atomic mass is 10.1. The summed E-state index contributed by atoms with van der Waals surface area (Å²) in [6.07, 6.45) is 2.48. The van der Waals surface area contributed by atoms with E-state index in [1.54, 1.807) is 11.3 Å². The second-order valence-electron chi connectivity index (χ2n) is 6.54. The summed E-state index contributed by atoms with van der Waals surface area (Å²) in [5.74, 6) is -0.201. The van der Waals surface area contributed by atoms with Crippen LogP contribution < -0.4 is 5.32 Å². The van der Waals surface area contributed by atoms with Crippen molar-refractivity contribution < 1.29 is 9.59 Å². The van der Waals surface area contributed by atoms with E-state index in [9.17, 15) is 9.59 Å². The van der Waals surface area contributed by atoms with Crippen LogP contribution in [0.5, 0.6) is 0 Å². The van der Waals surface area contributed by atoms with E-state index in [1.165, 1.54) is 0 Å². The summed E-state index contributed by atoms with van der Waals surface area (Å²) in [6, 6.07) is 8.09. The van der Waals surface area contributed by atoms with Crippen molar-refractivity contribution in [3.05, 3.63) is 35.3 Å². The van der Waals surface area contributed by atoms with Crippen molar-refractivity contribution in [3.8, 4) is 10.6 Å². The van der Waals surface area contributed by atoms with Gasteiger partial charge in [0, 0.05) is 41.3 Å². The molecule has 24 heavy (non-hydrogen) atoms. The molecule has 1 aliphatic carbocycles. The molecule has 1 aromatic heterocycles.